The van der Waals surface area contributed by atoms with Gasteiger partial charge in [-0.3, -0.25) is 14.1 Å². The number of aromatic nitrogens is 1. The summed E-state index contributed by atoms with van der Waals surface area (Å²) in [7, 11) is -4.01. The van der Waals surface area contributed by atoms with E-state index in [0.717, 1.165) is 49.2 Å². The number of hydrogen-bond donors (Lipinski definition) is 4. The standard InChI is InChI=1S/C41H43N3O8S/c1-28-30-16-11-12-19-34(30)43(24-13-14-26-53(50,51)52)33(28)18-7-5-4-6-8-20-36-41(2,3)39-31-17-10-9-15-29(31)21-22-35(39)44(36)25-23-37(45)42-32(40(48)49)27-38(46)47/h4-12,15-22,32H,1,13-14,23-27H2,2-3H3,(H3-,42,45,46,47,48,49,50,51,52)/p+1. The number of nitrogens with zero attached hydrogens (tertiary/aromatic N) is 2. The van der Waals surface area contributed by atoms with E-state index in [1.165, 1.54) is 0 Å². The maximum Gasteiger partial charge on any atom is 0.326 e. The summed E-state index contributed by atoms with van der Waals surface area (Å²) >= 11 is 0. The molecule has 1 atom stereocenters. The van der Waals surface area contributed by atoms with Crippen LogP contribution < -0.4 is 15.9 Å². The van der Waals surface area contributed by atoms with Crippen LogP contribution in [0.3, 0.4) is 0 Å². The molecular weight excluding hydrogens is 695 g/mol. The predicted molar refractivity (Wildman–Crippen MR) is 207 cm³/mol. The summed E-state index contributed by atoms with van der Waals surface area (Å²) in [6, 6.07) is 18.6. The molecule has 0 fully saturated rings. The molecule has 4 N–H and O–H groups in total. The molecule has 0 aliphatic carbocycles. The van der Waals surface area contributed by atoms with Crippen molar-refractivity contribution in [2.24, 2.45) is 0 Å². The molecule has 0 saturated heterocycles. The Labute approximate surface area is 308 Å². The van der Waals surface area contributed by atoms with Gasteiger partial charge >= 0.3 is 11.9 Å². The highest BCUT2D eigenvalue weighted by Gasteiger charge is 2.45. The maximum atomic E-state index is 12.9. The van der Waals surface area contributed by atoms with Crippen molar-refractivity contribution in [1.29, 1.82) is 0 Å². The molecule has 1 aliphatic heterocycles. The van der Waals surface area contributed by atoms with Gasteiger partial charge in [0.05, 0.1) is 24.0 Å². The van der Waals surface area contributed by atoms with Gasteiger partial charge in [-0.15, -0.1) is 0 Å². The molecule has 1 aliphatic rings. The van der Waals surface area contributed by atoms with Crippen molar-refractivity contribution in [1.82, 2.24) is 9.88 Å². The first-order valence-electron chi connectivity index (χ1n) is 17.3. The fraction of sp³-hybridized carbons (Fsp3) is 0.268. The number of hydrogen-bond acceptors (Lipinski definition) is 5. The zero-order valence-corrected chi connectivity index (χ0v) is 30.6. The lowest BCUT2D eigenvalue weighted by Gasteiger charge is -2.17. The van der Waals surface area contributed by atoms with Gasteiger partial charge in [0.2, 0.25) is 11.6 Å². The normalized spacial score (nSPS) is 15.3. The Bertz CT molecular complexity index is 2420. The van der Waals surface area contributed by atoms with Gasteiger partial charge in [0.15, 0.2) is 12.3 Å². The minimum absolute atomic E-state index is 0.0525. The van der Waals surface area contributed by atoms with E-state index in [1.807, 2.05) is 91.1 Å². The second-order valence-electron chi connectivity index (χ2n) is 13.5. The van der Waals surface area contributed by atoms with E-state index in [-0.39, 0.29) is 18.7 Å². The molecule has 2 heterocycles. The number of allylic oxidation sites excluding steroid dienone is 6. The number of aliphatic carboxylic acids is 2. The van der Waals surface area contributed by atoms with Crippen LogP contribution in [-0.4, -0.2) is 74.2 Å². The summed E-state index contributed by atoms with van der Waals surface area (Å²) in [4.78, 5) is 35.5. The molecule has 0 saturated carbocycles. The first kappa shape index (κ1) is 38.6. The summed E-state index contributed by atoms with van der Waals surface area (Å²) in [5.41, 5.74) is 3.54. The Balaban J connectivity index is 1.39. The Hall–Kier alpha value is -5.59. The van der Waals surface area contributed by atoms with Gasteiger partial charge in [-0.2, -0.15) is 13.0 Å². The highest BCUT2D eigenvalue weighted by atomic mass is 32.2. The number of fused-ring (bicyclic) bond motifs is 4. The molecule has 276 valence electrons. The SMILES string of the molecule is C=c1\c(=C/C=C/C=C/C=C/C2=[N+](CCC(=O)NC(CC(=O)O)C(=O)O)c3ccc4ccccc4c3C2(C)C)n(CCCCS(=O)(=O)O)c2ccccc12. The Morgan fingerprint density at radius 2 is 1.60 bits per heavy atom. The minimum Gasteiger partial charge on any atom is -0.481 e. The highest BCUT2D eigenvalue weighted by Crippen LogP contribution is 2.44. The number of carbonyl (C=O) groups excluding carboxylic acids is 1. The summed E-state index contributed by atoms with van der Waals surface area (Å²) in [5, 5.41) is 25.8. The number of rotatable bonds is 16. The first-order chi connectivity index (χ1) is 25.2. The van der Waals surface area contributed by atoms with Gasteiger partial charge in [-0.25, -0.2) is 4.79 Å². The smallest absolute Gasteiger partial charge is 0.326 e. The number of aryl methyl sites for hydroxylation is 1. The number of carboxylic acids is 2. The topological polar surface area (TPSA) is 166 Å². The maximum absolute atomic E-state index is 12.9. The number of carboxylic acid groups (broad SMARTS) is 2. The number of unbranched alkanes of at least 4 members (excludes halogenated alkanes) is 1. The largest absolute Gasteiger partial charge is 0.481 e. The summed E-state index contributed by atoms with van der Waals surface area (Å²) in [6.45, 7) is 9.36. The minimum atomic E-state index is -4.01. The highest BCUT2D eigenvalue weighted by molar-refractivity contribution is 7.85. The van der Waals surface area contributed by atoms with Crippen molar-refractivity contribution in [2.75, 3.05) is 12.3 Å². The van der Waals surface area contributed by atoms with Gasteiger partial charge in [0, 0.05) is 45.7 Å². The second kappa shape index (κ2) is 16.4. The molecule has 1 amide bonds. The van der Waals surface area contributed by atoms with Crippen molar-refractivity contribution < 1.29 is 42.1 Å². The van der Waals surface area contributed by atoms with Crippen molar-refractivity contribution in [2.45, 2.75) is 57.5 Å². The van der Waals surface area contributed by atoms with E-state index in [2.05, 4.69) is 47.0 Å². The molecule has 0 spiro atoms. The summed E-state index contributed by atoms with van der Waals surface area (Å²) in [5.74, 6) is -3.56. The number of amides is 1. The summed E-state index contributed by atoms with van der Waals surface area (Å²) < 4.78 is 35.7. The fourth-order valence-corrected chi connectivity index (χ4v) is 7.57. The second-order valence-corrected chi connectivity index (χ2v) is 15.0. The average molecular weight is 739 g/mol. The molecule has 5 rings (SSSR count). The van der Waals surface area contributed by atoms with Crippen LogP contribution >= 0.6 is 0 Å². The predicted octanol–water partition coefficient (Wildman–Crippen LogP) is 4.83. The molecule has 53 heavy (non-hydrogen) atoms. The van der Waals surface area contributed by atoms with Crippen LogP contribution in [-0.2, 0) is 36.5 Å². The lowest BCUT2D eigenvalue weighted by atomic mass is 9.79. The Kier molecular flexibility index (Phi) is 11.9. The van der Waals surface area contributed by atoms with Crippen LogP contribution in [0.25, 0.3) is 34.3 Å². The quantitative estimate of drug-likeness (QED) is 0.0549. The van der Waals surface area contributed by atoms with E-state index in [4.69, 9.17) is 9.66 Å². The molecule has 0 radical (unpaired) electrons. The summed E-state index contributed by atoms with van der Waals surface area (Å²) in [6.07, 6.45) is 13.6. The molecule has 12 heteroatoms. The lowest BCUT2D eigenvalue weighted by molar-refractivity contribution is -0.436. The van der Waals surface area contributed by atoms with Gasteiger partial charge in [0.1, 0.15) is 6.04 Å². The van der Waals surface area contributed by atoms with Crippen LogP contribution in [0.4, 0.5) is 5.69 Å². The number of carbonyl (C=O) groups is 3. The number of para-hydroxylation sites is 1. The molecule has 11 nitrogen and oxygen atoms in total. The molecule has 3 aromatic carbocycles. The van der Waals surface area contributed by atoms with Gasteiger partial charge in [-0.1, -0.05) is 79.4 Å². The van der Waals surface area contributed by atoms with Crippen LogP contribution in [0.5, 0.6) is 0 Å². The third kappa shape index (κ3) is 9.08. The van der Waals surface area contributed by atoms with Gasteiger partial charge in [-0.05, 0) is 55.7 Å². The van der Waals surface area contributed by atoms with Crippen LogP contribution in [0.15, 0.2) is 97.1 Å². The Morgan fingerprint density at radius 1 is 0.925 bits per heavy atom. The van der Waals surface area contributed by atoms with E-state index < -0.39 is 45.8 Å². The molecule has 0 bridgehead atoms. The first-order valence-corrected chi connectivity index (χ1v) is 18.9. The van der Waals surface area contributed by atoms with E-state index in [1.54, 1.807) is 0 Å². The molecular formula is C41H44N3O8S+. The average Bonchev–Trinajstić information content (AvgIpc) is 3.49. The molecule has 1 aromatic heterocycles. The monoisotopic (exact) mass is 738 g/mol. The van der Waals surface area contributed by atoms with Crippen molar-refractivity contribution >= 4 is 73.7 Å². The third-order valence-electron chi connectivity index (χ3n) is 9.44. The van der Waals surface area contributed by atoms with Crippen LogP contribution in [0.1, 0.15) is 45.1 Å². The number of nitrogens with one attached hydrogen (secondary N) is 1. The molecule has 1 unspecified atom stereocenters. The van der Waals surface area contributed by atoms with Crippen LogP contribution in [0, 0.1) is 0 Å². The zero-order chi connectivity index (χ0) is 38.3. The van der Waals surface area contributed by atoms with Gasteiger partial charge in [0.25, 0.3) is 10.1 Å². The van der Waals surface area contributed by atoms with Gasteiger partial charge < -0.3 is 20.1 Å². The van der Waals surface area contributed by atoms with Crippen molar-refractivity contribution in [3.8, 4) is 0 Å². The lowest BCUT2D eigenvalue weighted by Crippen LogP contribution is -2.42. The van der Waals surface area contributed by atoms with Crippen LogP contribution in [0.2, 0.25) is 0 Å². The van der Waals surface area contributed by atoms with E-state index >= 15 is 0 Å². The van der Waals surface area contributed by atoms with E-state index in [9.17, 15) is 27.9 Å². The van der Waals surface area contributed by atoms with Crippen molar-refractivity contribution in [3.63, 3.8) is 0 Å². The number of benzene rings is 3. The van der Waals surface area contributed by atoms with E-state index in [0.29, 0.717) is 19.4 Å². The molecule has 4 aromatic rings. The zero-order valence-electron chi connectivity index (χ0n) is 29.7. The van der Waals surface area contributed by atoms with Crippen molar-refractivity contribution in [3.05, 3.63) is 113 Å². The fourth-order valence-electron chi connectivity index (χ4n) is 7.00. The third-order valence-corrected chi connectivity index (χ3v) is 10.2. The Morgan fingerprint density at radius 3 is 2.32 bits per heavy atom.